The Balaban J connectivity index is 0.00000300. The first-order valence-corrected chi connectivity index (χ1v) is 10.2. The molecule has 1 saturated carbocycles. The predicted octanol–water partition coefficient (Wildman–Crippen LogP) is 3.20. The normalized spacial score (nSPS) is 19.6. The van der Waals surface area contributed by atoms with Gasteiger partial charge in [-0.3, -0.25) is 9.79 Å². The summed E-state index contributed by atoms with van der Waals surface area (Å²) in [6.07, 6.45) is 3.08. The standard InChI is InChI=1S/C22H34N4O2.HI/c1-21(2)15-26(22(21,3)4)20(23-5)24-13-12-16-6-10-18(11-7-16)28-14-19(27)25-17-8-9-17;/h6-7,10-11,17H,8-9,12-15H2,1-5H3,(H,23,24)(H,25,27);1H. The topological polar surface area (TPSA) is 66.0 Å². The maximum atomic E-state index is 11.7. The Morgan fingerprint density at radius 1 is 1.21 bits per heavy atom. The molecule has 29 heavy (non-hydrogen) atoms. The Morgan fingerprint density at radius 2 is 1.86 bits per heavy atom. The number of guanidine groups is 1. The Morgan fingerprint density at radius 3 is 2.38 bits per heavy atom. The summed E-state index contributed by atoms with van der Waals surface area (Å²) >= 11 is 0. The van der Waals surface area contributed by atoms with E-state index in [9.17, 15) is 4.79 Å². The summed E-state index contributed by atoms with van der Waals surface area (Å²) in [5.41, 5.74) is 1.61. The molecular weight excluding hydrogens is 479 g/mol. The number of ether oxygens (including phenoxy) is 1. The lowest BCUT2D eigenvalue weighted by Gasteiger charge is -2.62. The number of hydrogen-bond donors (Lipinski definition) is 2. The highest BCUT2D eigenvalue weighted by Gasteiger charge is 2.53. The molecule has 0 unspecified atom stereocenters. The fraction of sp³-hybridized carbons (Fsp3) is 0.636. The second kappa shape index (κ2) is 9.53. The highest BCUT2D eigenvalue weighted by atomic mass is 127. The molecular formula is C22H35IN4O2. The monoisotopic (exact) mass is 514 g/mol. The molecule has 0 aromatic heterocycles. The van der Waals surface area contributed by atoms with Crippen LogP contribution in [0.2, 0.25) is 0 Å². The molecule has 0 radical (unpaired) electrons. The predicted molar refractivity (Wildman–Crippen MR) is 128 cm³/mol. The number of nitrogens with one attached hydrogen (secondary N) is 2. The molecule has 2 aliphatic rings. The number of amides is 1. The molecule has 1 heterocycles. The number of nitrogens with zero attached hydrogens (tertiary/aromatic N) is 2. The third-order valence-corrected chi connectivity index (χ3v) is 6.28. The Labute approximate surface area is 191 Å². The van der Waals surface area contributed by atoms with Crippen molar-refractivity contribution in [2.75, 3.05) is 26.7 Å². The van der Waals surface area contributed by atoms with E-state index in [2.05, 4.69) is 60.4 Å². The van der Waals surface area contributed by atoms with Crippen LogP contribution < -0.4 is 15.4 Å². The van der Waals surface area contributed by atoms with E-state index in [0.717, 1.165) is 44.1 Å². The van der Waals surface area contributed by atoms with Gasteiger partial charge in [0.05, 0.1) is 0 Å². The van der Waals surface area contributed by atoms with Gasteiger partial charge >= 0.3 is 0 Å². The van der Waals surface area contributed by atoms with Gasteiger partial charge in [-0.15, -0.1) is 24.0 Å². The number of hydrogen-bond acceptors (Lipinski definition) is 3. The highest BCUT2D eigenvalue weighted by molar-refractivity contribution is 14.0. The van der Waals surface area contributed by atoms with Gasteiger partial charge in [-0.1, -0.05) is 26.0 Å². The van der Waals surface area contributed by atoms with Gasteiger partial charge in [-0.2, -0.15) is 0 Å². The van der Waals surface area contributed by atoms with Crippen LogP contribution in [-0.4, -0.2) is 55.1 Å². The van der Waals surface area contributed by atoms with Crippen molar-refractivity contribution < 1.29 is 9.53 Å². The molecule has 0 bridgehead atoms. The second-order valence-electron chi connectivity index (χ2n) is 9.03. The van der Waals surface area contributed by atoms with E-state index in [0.29, 0.717) is 6.04 Å². The van der Waals surface area contributed by atoms with Crippen molar-refractivity contribution in [2.24, 2.45) is 10.4 Å². The maximum absolute atomic E-state index is 11.7. The summed E-state index contributed by atoms with van der Waals surface area (Å²) in [7, 11) is 1.84. The van der Waals surface area contributed by atoms with E-state index < -0.39 is 0 Å². The van der Waals surface area contributed by atoms with Gasteiger partial charge in [-0.25, -0.2) is 0 Å². The number of carbonyl (C=O) groups is 1. The third-order valence-electron chi connectivity index (χ3n) is 6.28. The summed E-state index contributed by atoms with van der Waals surface area (Å²) in [6.45, 7) is 11.1. The summed E-state index contributed by atoms with van der Waals surface area (Å²) in [5, 5.41) is 6.41. The lowest BCUT2D eigenvalue weighted by atomic mass is 9.65. The van der Waals surface area contributed by atoms with Crippen molar-refractivity contribution in [3.63, 3.8) is 0 Å². The second-order valence-corrected chi connectivity index (χ2v) is 9.03. The Hall–Kier alpha value is -1.51. The SMILES string of the molecule is CN=C(NCCc1ccc(OCC(=O)NC2CC2)cc1)N1CC(C)(C)C1(C)C.I. The Kier molecular flexibility index (Phi) is 7.81. The molecule has 1 aliphatic heterocycles. The zero-order chi connectivity index (χ0) is 20.4. The molecule has 1 amide bonds. The number of halogens is 1. The van der Waals surface area contributed by atoms with E-state index in [1.54, 1.807) is 0 Å². The number of carbonyl (C=O) groups excluding carboxylic acids is 1. The minimum atomic E-state index is -0.0424. The fourth-order valence-electron chi connectivity index (χ4n) is 3.41. The average Bonchev–Trinajstić information content (AvgIpc) is 3.47. The van der Waals surface area contributed by atoms with Gasteiger partial charge in [0.1, 0.15) is 5.75 Å². The maximum Gasteiger partial charge on any atom is 0.258 e. The molecule has 2 fully saturated rings. The van der Waals surface area contributed by atoms with Gasteiger partial charge in [0.15, 0.2) is 12.6 Å². The summed E-state index contributed by atoms with van der Waals surface area (Å²) in [4.78, 5) is 18.5. The molecule has 7 heteroatoms. The smallest absolute Gasteiger partial charge is 0.258 e. The lowest BCUT2D eigenvalue weighted by molar-refractivity contribution is -0.123. The molecule has 1 aliphatic carbocycles. The molecule has 1 aromatic carbocycles. The van der Waals surface area contributed by atoms with Crippen LogP contribution in [0.4, 0.5) is 0 Å². The molecule has 1 aromatic rings. The van der Waals surface area contributed by atoms with Gasteiger partial charge in [-0.05, 0) is 50.8 Å². The van der Waals surface area contributed by atoms with Crippen LogP contribution in [0.15, 0.2) is 29.3 Å². The molecule has 0 spiro atoms. The lowest BCUT2D eigenvalue weighted by Crippen LogP contribution is -2.72. The molecule has 0 atom stereocenters. The summed E-state index contributed by atoms with van der Waals surface area (Å²) in [5.74, 6) is 1.65. The number of rotatable bonds is 7. The first-order chi connectivity index (χ1) is 13.2. The number of benzene rings is 1. The van der Waals surface area contributed by atoms with Crippen LogP contribution in [0.25, 0.3) is 0 Å². The van der Waals surface area contributed by atoms with Crippen molar-refractivity contribution in [1.82, 2.24) is 15.5 Å². The molecule has 1 saturated heterocycles. The van der Waals surface area contributed by atoms with Gasteiger partial charge < -0.3 is 20.3 Å². The first kappa shape index (κ1) is 23.8. The van der Waals surface area contributed by atoms with Crippen molar-refractivity contribution in [2.45, 2.75) is 58.5 Å². The quantitative estimate of drug-likeness (QED) is 0.333. The largest absolute Gasteiger partial charge is 0.484 e. The van der Waals surface area contributed by atoms with Crippen molar-refractivity contribution >= 4 is 35.8 Å². The minimum absolute atomic E-state index is 0. The molecule has 3 rings (SSSR count). The van der Waals surface area contributed by atoms with Crippen LogP contribution >= 0.6 is 24.0 Å². The molecule has 2 N–H and O–H groups in total. The van der Waals surface area contributed by atoms with E-state index in [-0.39, 0.29) is 47.4 Å². The summed E-state index contributed by atoms with van der Waals surface area (Å²) in [6, 6.07) is 8.32. The zero-order valence-electron chi connectivity index (χ0n) is 18.2. The van der Waals surface area contributed by atoms with Crippen molar-refractivity contribution in [3.05, 3.63) is 29.8 Å². The first-order valence-electron chi connectivity index (χ1n) is 10.2. The van der Waals surface area contributed by atoms with Gasteiger partial charge in [0.2, 0.25) is 0 Å². The van der Waals surface area contributed by atoms with Crippen LogP contribution in [0.1, 0.15) is 46.1 Å². The fourth-order valence-corrected chi connectivity index (χ4v) is 3.41. The van der Waals surface area contributed by atoms with E-state index in [4.69, 9.17) is 4.74 Å². The molecule has 6 nitrogen and oxygen atoms in total. The summed E-state index contributed by atoms with van der Waals surface area (Å²) < 4.78 is 5.55. The zero-order valence-corrected chi connectivity index (χ0v) is 20.6. The number of likely N-dealkylation sites (tertiary alicyclic amines) is 1. The van der Waals surface area contributed by atoms with Crippen LogP contribution in [-0.2, 0) is 11.2 Å². The van der Waals surface area contributed by atoms with Crippen LogP contribution in [0.5, 0.6) is 5.75 Å². The van der Waals surface area contributed by atoms with Crippen molar-refractivity contribution in [3.8, 4) is 5.75 Å². The van der Waals surface area contributed by atoms with Gasteiger partial charge in [0, 0.05) is 37.1 Å². The van der Waals surface area contributed by atoms with E-state index >= 15 is 0 Å². The van der Waals surface area contributed by atoms with Crippen LogP contribution in [0, 0.1) is 5.41 Å². The van der Waals surface area contributed by atoms with E-state index in [1.165, 1.54) is 5.56 Å². The number of aliphatic imine (C=N–C) groups is 1. The Bertz CT molecular complexity index is 727. The van der Waals surface area contributed by atoms with Gasteiger partial charge in [0.25, 0.3) is 5.91 Å². The van der Waals surface area contributed by atoms with E-state index in [1.807, 2.05) is 19.2 Å². The van der Waals surface area contributed by atoms with Crippen molar-refractivity contribution in [1.29, 1.82) is 0 Å². The molecule has 162 valence electrons. The average molecular weight is 514 g/mol. The van der Waals surface area contributed by atoms with Crippen LogP contribution in [0.3, 0.4) is 0 Å². The minimum Gasteiger partial charge on any atom is -0.484 e. The highest BCUT2D eigenvalue weighted by Crippen LogP contribution is 2.46. The third kappa shape index (κ3) is 5.77.